The number of ether oxygens (including phenoxy) is 2. The second-order valence-electron chi connectivity index (χ2n) is 5.14. The molecule has 1 rings (SSSR count). The molecule has 0 aliphatic rings. The van der Waals surface area contributed by atoms with Crippen molar-refractivity contribution in [2.45, 2.75) is 39.8 Å². The Bertz CT molecular complexity index is 445. The first-order chi connectivity index (χ1) is 10.0. The summed E-state index contributed by atoms with van der Waals surface area (Å²) in [5.41, 5.74) is 0.893. The summed E-state index contributed by atoms with van der Waals surface area (Å²) in [6, 6.07) is 8.69. The molecule has 1 atom stereocenters. The number of hydrogen-bond donors (Lipinski definition) is 1. The molecule has 0 aromatic heterocycles. The minimum atomic E-state index is -0.673. The van der Waals surface area contributed by atoms with Crippen molar-refractivity contribution in [2.24, 2.45) is 5.92 Å². The van der Waals surface area contributed by atoms with Crippen LogP contribution in [0.3, 0.4) is 0 Å². The zero-order valence-electron chi connectivity index (χ0n) is 12.8. The summed E-state index contributed by atoms with van der Waals surface area (Å²) in [6.07, 6.45) is -0.100. The van der Waals surface area contributed by atoms with Crippen LogP contribution in [-0.4, -0.2) is 24.7 Å². The van der Waals surface area contributed by atoms with Crippen molar-refractivity contribution in [1.29, 1.82) is 0 Å². The van der Waals surface area contributed by atoms with Crippen LogP contribution in [-0.2, 0) is 20.9 Å². The Morgan fingerprint density at radius 2 is 1.81 bits per heavy atom. The van der Waals surface area contributed by atoms with E-state index in [1.54, 1.807) is 6.92 Å². The largest absolute Gasteiger partial charge is 0.464 e. The average molecular weight is 293 g/mol. The van der Waals surface area contributed by atoms with Gasteiger partial charge in [0.1, 0.15) is 12.6 Å². The van der Waals surface area contributed by atoms with E-state index in [9.17, 15) is 9.59 Å². The van der Waals surface area contributed by atoms with E-state index in [4.69, 9.17) is 9.47 Å². The molecule has 0 bridgehead atoms. The first kappa shape index (κ1) is 17.0. The lowest BCUT2D eigenvalue weighted by atomic mass is 10.0. The standard InChI is InChI=1S/C16H23NO4/c1-4-20-15(18)14(10-12(2)3)17-16(19)21-11-13-8-6-5-7-9-13/h5-9,12,14H,4,10-11H2,1-3H3,(H,17,19)/t14-/m1/s1. The summed E-state index contributed by atoms with van der Waals surface area (Å²) in [4.78, 5) is 23.6. The Hall–Kier alpha value is -2.04. The fraction of sp³-hybridized carbons (Fsp3) is 0.500. The van der Waals surface area contributed by atoms with Crippen LogP contribution in [0.5, 0.6) is 0 Å². The molecule has 0 saturated heterocycles. The third-order valence-electron chi connectivity index (χ3n) is 2.78. The van der Waals surface area contributed by atoms with Crippen LogP contribution in [0.1, 0.15) is 32.8 Å². The van der Waals surface area contributed by atoms with Gasteiger partial charge in [0.15, 0.2) is 0 Å². The first-order valence-electron chi connectivity index (χ1n) is 7.16. The molecule has 1 amide bonds. The molecule has 0 spiro atoms. The number of alkyl carbamates (subject to hydrolysis) is 1. The van der Waals surface area contributed by atoms with Crippen LogP contribution in [0.4, 0.5) is 4.79 Å². The van der Waals surface area contributed by atoms with Crippen molar-refractivity contribution in [2.75, 3.05) is 6.61 Å². The Morgan fingerprint density at radius 1 is 1.14 bits per heavy atom. The first-order valence-corrected chi connectivity index (χ1v) is 7.16. The molecule has 1 aromatic carbocycles. The van der Waals surface area contributed by atoms with Crippen molar-refractivity contribution >= 4 is 12.1 Å². The lowest BCUT2D eigenvalue weighted by Gasteiger charge is -2.18. The fourth-order valence-electron chi connectivity index (χ4n) is 1.84. The van der Waals surface area contributed by atoms with Crippen molar-refractivity contribution in [1.82, 2.24) is 5.32 Å². The van der Waals surface area contributed by atoms with Crippen LogP contribution in [0, 0.1) is 5.92 Å². The monoisotopic (exact) mass is 293 g/mol. The number of esters is 1. The molecule has 1 N–H and O–H groups in total. The molecule has 0 radical (unpaired) electrons. The van der Waals surface area contributed by atoms with Crippen molar-refractivity contribution < 1.29 is 19.1 Å². The van der Waals surface area contributed by atoms with Gasteiger partial charge in [0, 0.05) is 0 Å². The van der Waals surface area contributed by atoms with Gasteiger partial charge in [-0.05, 0) is 24.8 Å². The van der Waals surface area contributed by atoms with E-state index in [1.165, 1.54) is 0 Å². The normalized spacial score (nSPS) is 11.8. The van der Waals surface area contributed by atoms with Gasteiger partial charge in [-0.3, -0.25) is 0 Å². The van der Waals surface area contributed by atoms with Gasteiger partial charge in [0.05, 0.1) is 6.61 Å². The van der Waals surface area contributed by atoms with Gasteiger partial charge >= 0.3 is 12.1 Å². The van der Waals surface area contributed by atoms with Gasteiger partial charge < -0.3 is 14.8 Å². The number of hydrogen-bond acceptors (Lipinski definition) is 4. The molecule has 0 fully saturated rings. The summed E-state index contributed by atoms with van der Waals surface area (Å²) < 4.78 is 10.1. The molecule has 21 heavy (non-hydrogen) atoms. The van der Waals surface area contributed by atoms with E-state index >= 15 is 0 Å². The van der Waals surface area contributed by atoms with Crippen LogP contribution < -0.4 is 5.32 Å². The summed E-state index contributed by atoms with van der Waals surface area (Å²) in [5.74, 6) is -0.170. The quantitative estimate of drug-likeness (QED) is 0.785. The van der Waals surface area contributed by atoms with E-state index in [0.717, 1.165) is 5.56 Å². The second kappa shape index (κ2) is 9.00. The highest BCUT2D eigenvalue weighted by atomic mass is 16.6. The van der Waals surface area contributed by atoms with Gasteiger partial charge in [0.25, 0.3) is 0 Å². The van der Waals surface area contributed by atoms with E-state index < -0.39 is 18.1 Å². The maximum absolute atomic E-state index is 11.8. The Balaban J connectivity index is 2.49. The maximum Gasteiger partial charge on any atom is 0.408 e. The SMILES string of the molecule is CCOC(=O)[C@@H](CC(C)C)NC(=O)OCc1ccccc1. The highest BCUT2D eigenvalue weighted by molar-refractivity contribution is 5.81. The number of rotatable bonds is 7. The zero-order valence-corrected chi connectivity index (χ0v) is 12.8. The van der Waals surface area contributed by atoms with E-state index in [1.807, 2.05) is 44.2 Å². The number of carbonyl (C=O) groups excluding carboxylic acids is 2. The molecular weight excluding hydrogens is 270 g/mol. The Labute approximate surface area is 125 Å². The average Bonchev–Trinajstić information content (AvgIpc) is 2.45. The topological polar surface area (TPSA) is 64.6 Å². The second-order valence-corrected chi connectivity index (χ2v) is 5.14. The summed E-state index contributed by atoms with van der Waals surface area (Å²) in [6.45, 7) is 6.14. The van der Waals surface area contributed by atoms with Crippen LogP contribution in [0.2, 0.25) is 0 Å². The number of benzene rings is 1. The molecule has 0 aliphatic heterocycles. The molecule has 1 aromatic rings. The lowest BCUT2D eigenvalue weighted by Crippen LogP contribution is -2.42. The third kappa shape index (κ3) is 6.79. The third-order valence-corrected chi connectivity index (χ3v) is 2.78. The minimum Gasteiger partial charge on any atom is -0.464 e. The van der Waals surface area contributed by atoms with Crippen LogP contribution in [0.25, 0.3) is 0 Å². The molecule has 0 heterocycles. The Kier molecular flexibility index (Phi) is 7.29. The van der Waals surface area contributed by atoms with Gasteiger partial charge in [-0.1, -0.05) is 44.2 Å². The van der Waals surface area contributed by atoms with Gasteiger partial charge in [0.2, 0.25) is 0 Å². The molecule has 0 unspecified atom stereocenters. The summed E-state index contributed by atoms with van der Waals surface area (Å²) in [7, 11) is 0. The summed E-state index contributed by atoms with van der Waals surface area (Å²) in [5, 5.41) is 2.57. The fourth-order valence-corrected chi connectivity index (χ4v) is 1.84. The van der Waals surface area contributed by atoms with Gasteiger partial charge in [-0.2, -0.15) is 0 Å². The van der Waals surface area contributed by atoms with Crippen molar-refractivity contribution in [3.05, 3.63) is 35.9 Å². The molecule has 0 saturated carbocycles. The van der Waals surface area contributed by atoms with E-state index in [0.29, 0.717) is 6.42 Å². The van der Waals surface area contributed by atoms with Gasteiger partial charge in [-0.25, -0.2) is 9.59 Å². The zero-order chi connectivity index (χ0) is 15.7. The van der Waals surface area contributed by atoms with Gasteiger partial charge in [-0.15, -0.1) is 0 Å². The summed E-state index contributed by atoms with van der Waals surface area (Å²) >= 11 is 0. The number of nitrogens with one attached hydrogen (secondary N) is 1. The minimum absolute atomic E-state index is 0.171. The molecule has 5 heteroatoms. The number of carbonyl (C=O) groups is 2. The molecular formula is C16H23NO4. The molecule has 116 valence electrons. The maximum atomic E-state index is 11.8. The molecule has 5 nitrogen and oxygen atoms in total. The number of amides is 1. The smallest absolute Gasteiger partial charge is 0.408 e. The van der Waals surface area contributed by atoms with Crippen LogP contribution in [0.15, 0.2) is 30.3 Å². The van der Waals surface area contributed by atoms with Crippen molar-refractivity contribution in [3.63, 3.8) is 0 Å². The van der Waals surface area contributed by atoms with Crippen LogP contribution >= 0.6 is 0 Å². The molecule has 0 aliphatic carbocycles. The van der Waals surface area contributed by atoms with Crippen molar-refractivity contribution in [3.8, 4) is 0 Å². The lowest BCUT2D eigenvalue weighted by molar-refractivity contribution is -0.146. The highest BCUT2D eigenvalue weighted by Gasteiger charge is 2.23. The van der Waals surface area contributed by atoms with E-state index in [-0.39, 0.29) is 19.1 Å². The predicted octanol–water partition coefficient (Wildman–Crippen LogP) is 2.89. The van der Waals surface area contributed by atoms with E-state index in [2.05, 4.69) is 5.32 Å². The predicted molar refractivity (Wildman–Crippen MR) is 79.6 cm³/mol. The highest BCUT2D eigenvalue weighted by Crippen LogP contribution is 2.07. The Morgan fingerprint density at radius 3 is 2.38 bits per heavy atom.